The lowest BCUT2D eigenvalue weighted by Crippen LogP contribution is -2.49. The highest BCUT2D eigenvalue weighted by Crippen LogP contribution is 2.24. The first-order chi connectivity index (χ1) is 9.11. The predicted molar refractivity (Wildman–Crippen MR) is 75.0 cm³/mol. The van der Waals surface area contributed by atoms with E-state index in [9.17, 15) is 4.79 Å². The largest absolute Gasteiger partial charge is 0.370 e. The van der Waals surface area contributed by atoms with Gasteiger partial charge in [-0.15, -0.1) is 0 Å². The molecular weight excluding hydrogens is 264 g/mol. The second-order valence-electron chi connectivity index (χ2n) is 4.71. The fourth-order valence-electron chi connectivity index (χ4n) is 2.14. The molecule has 19 heavy (non-hydrogen) atoms. The van der Waals surface area contributed by atoms with Crippen LogP contribution in [0.3, 0.4) is 0 Å². The number of carbonyl (C=O) groups is 1. The van der Waals surface area contributed by atoms with Gasteiger partial charge in [0.15, 0.2) is 0 Å². The minimum absolute atomic E-state index is 0.00441. The summed E-state index contributed by atoms with van der Waals surface area (Å²) in [5.41, 5.74) is 6.84. The molecule has 0 bridgehead atoms. The molecule has 0 radical (unpaired) electrons. The highest BCUT2D eigenvalue weighted by atomic mass is 35.5. The maximum atomic E-state index is 12.1. The van der Waals surface area contributed by atoms with Crippen LogP contribution in [0.2, 0.25) is 5.02 Å². The van der Waals surface area contributed by atoms with E-state index in [1.165, 1.54) is 0 Å². The van der Waals surface area contributed by atoms with Crippen molar-refractivity contribution >= 4 is 17.5 Å². The topological polar surface area (TPSA) is 55.6 Å². The number of halogens is 1. The van der Waals surface area contributed by atoms with Crippen LogP contribution in [0.5, 0.6) is 0 Å². The summed E-state index contributed by atoms with van der Waals surface area (Å²) in [7, 11) is 0. The Balaban J connectivity index is 2.04. The summed E-state index contributed by atoms with van der Waals surface area (Å²) in [4.78, 5) is 13.9. The fourth-order valence-corrected chi connectivity index (χ4v) is 2.26. The Kier molecular flexibility index (Phi) is 4.80. The number of rotatable bonds is 3. The molecule has 1 saturated heterocycles. The Morgan fingerprint density at radius 1 is 1.53 bits per heavy atom. The number of hydrogen-bond acceptors (Lipinski definition) is 3. The second kappa shape index (κ2) is 6.37. The SMILES string of the molecule is CC[C@H](N)C(=O)N1CCOC(c2ccc(Cl)cc2)C1. The summed E-state index contributed by atoms with van der Waals surface area (Å²) < 4.78 is 5.72. The summed E-state index contributed by atoms with van der Waals surface area (Å²) in [6, 6.07) is 7.11. The lowest BCUT2D eigenvalue weighted by molar-refractivity contribution is -0.140. The Hall–Kier alpha value is -1.10. The fraction of sp³-hybridized carbons (Fsp3) is 0.500. The minimum Gasteiger partial charge on any atom is -0.370 e. The first-order valence-electron chi connectivity index (χ1n) is 6.53. The third-order valence-electron chi connectivity index (χ3n) is 3.38. The molecule has 5 heteroatoms. The normalized spacial score (nSPS) is 21.2. The standard InChI is InChI=1S/C14H19ClN2O2/c1-2-12(16)14(18)17-7-8-19-13(9-17)10-3-5-11(15)6-4-10/h3-6,12-13H,2,7-9,16H2,1H3/t12-,13?/m0/s1. The molecule has 1 aliphatic heterocycles. The minimum atomic E-state index is -0.413. The van der Waals surface area contributed by atoms with E-state index in [1.54, 1.807) is 4.90 Å². The molecule has 0 aliphatic carbocycles. The van der Waals surface area contributed by atoms with Crippen molar-refractivity contribution in [2.24, 2.45) is 5.73 Å². The lowest BCUT2D eigenvalue weighted by Gasteiger charge is -2.34. The number of ether oxygens (including phenoxy) is 1. The van der Waals surface area contributed by atoms with Crippen molar-refractivity contribution in [2.75, 3.05) is 19.7 Å². The molecule has 1 unspecified atom stereocenters. The van der Waals surface area contributed by atoms with E-state index >= 15 is 0 Å². The molecule has 2 atom stereocenters. The molecule has 1 aromatic carbocycles. The van der Waals surface area contributed by atoms with E-state index in [1.807, 2.05) is 31.2 Å². The van der Waals surface area contributed by atoms with Crippen LogP contribution in [-0.2, 0) is 9.53 Å². The van der Waals surface area contributed by atoms with Gasteiger partial charge in [0.05, 0.1) is 19.2 Å². The van der Waals surface area contributed by atoms with Gasteiger partial charge in [-0.25, -0.2) is 0 Å². The van der Waals surface area contributed by atoms with Gasteiger partial charge in [0.25, 0.3) is 0 Å². The van der Waals surface area contributed by atoms with Gasteiger partial charge >= 0.3 is 0 Å². The summed E-state index contributed by atoms with van der Waals surface area (Å²) in [5.74, 6) is 0.00441. The zero-order valence-electron chi connectivity index (χ0n) is 11.0. The summed E-state index contributed by atoms with van der Waals surface area (Å²) in [5, 5.41) is 0.695. The Labute approximate surface area is 118 Å². The average molecular weight is 283 g/mol. The molecule has 104 valence electrons. The lowest BCUT2D eigenvalue weighted by atomic mass is 10.1. The summed E-state index contributed by atoms with van der Waals surface area (Å²) in [6.07, 6.45) is 0.556. The Morgan fingerprint density at radius 2 is 2.21 bits per heavy atom. The molecule has 1 heterocycles. The molecule has 4 nitrogen and oxygen atoms in total. The van der Waals surface area contributed by atoms with E-state index in [0.29, 0.717) is 31.1 Å². The van der Waals surface area contributed by atoms with Crippen LogP contribution in [0.15, 0.2) is 24.3 Å². The van der Waals surface area contributed by atoms with Crippen molar-refractivity contribution in [1.82, 2.24) is 4.90 Å². The molecule has 1 aromatic rings. The molecule has 1 amide bonds. The van der Waals surface area contributed by atoms with Crippen molar-refractivity contribution < 1.29 is 9.53 Å². The van der Waals surface area contributed by atoms with Gasteiger partial charge in [0, 0.05) is 11.6 Å². The van der Waals surface area contributed by atoms with Crippen LogP contribution < -0.4 is 5.73 Å². The van der Waals surface area contributed by atoms with Crippen molar-refractivity contribution in [2.45, 2.75) is 25.5 Å². The van der Waals surface area contributed by atoms with Crippen molar-refractivity contribution in [3.63, 3.8) is 0 Å². The van der Waals surface area contributed by atoms with Crippen LogP contribution in [-0.4, -0.2) is 36.5 Å². The monoisotopic (exact) mass is 282 g/mol. The highest BCUT2D eigenvalue weighted by Gasteiger charge is 2.27. The third-order valence-corrected chi connectivity index (χ3v) is 3.63. The van der Waals surface area contributed by atoms with Crippen molar-refractivity contribution in [3.05, 3.63) is 34.9 Å². The number of amides is 1. The first-order valence-corrected chi connectivity index (χ1v) is 6.91. The van der Waals surface area contributed by atoms with Gasteiger partial charge in [-0.2, -0.15) is 0 Å². The quantitative estimate of drug-likeness (QED) is 0.922. The maximum Gasteiger partial charge on any atom is 0.239 e. The van der Waals surface area contributed by atoms with Gasteiger partial charge < -0.3 is 15.4 Å². The van der Waals surface area contributed by atoms with Gasteiger partial charge in [0.1, 0.15) is 6.10 Å². The molecular formula is C14H19ClN2O2. The Bertz CT molecular complexity index is 436. The van der Waals surface area contributed by atoms with Gasteiger partial charge in [0.2, 0.25) is 5.91 Å². The van der Waals surface area contributed by atoms with E-state index in [4.69, 9.17) is 22.1 Å². The molecule has 0 saturated carbocycles. The number of nitrogens with zero attached hydrogens (tertiary/aromatic N) is 1. The smallest absolute Gasteiger partial charge is 0.239 e. The second-order valence-corrected chi connectivity index (χ2v) is 5.15. The number of carbonyl (C=O) groups excluding carboxylic acids is 1. The van der Waals surface area contributed by atoms with E-state index in [2.05, 4.69) is 0 Å². The molecule has 2 N–H and O–H groups in total. The molecule has 1 aliphatic rings. The third kappa shape index (κ3) is 3.47. The molecule has 0 spiro atoms. The van der Waals surface area contributed by atoms with Crippen LogP contribution in [0.4, 0.5) is 0 Å². The number of benzene rings is 1. The summed E-state index contributed by atoms with van der Waals surface area (Å²) in [6.45, 7) is 3.61. The highest BCUT2D eigenvalue weighted by molar-refractivity contribution is 6.30. The van der Waals surface area contributed by atoms with Crippen LogP contribution in [0, 0.1) is 0 Å². The van der Waals surface area contributed by atoms with E-state index < -0.39 is 6.04 Å². The number of nitrogens with two attached hydrogens (primary N) is 1. The van der Waals surface area contributed by atoms with Gasteiger partial charge in [-0.3, -0.25) is 4.79 Å². The van der Waals surface area contributed by atoms with Crippen molar-refractivity contribution in [3.8, 4) is 0 Å². The molecule has 2 rings (SSSR count). The Morgan fingerprint density at radius 3 is 2.84 bits per heavy atom. The predicted octanol–water partition coefficient (Wildman–Crippen LogP) is 1.98. The molecule has 1 fully saturated rings. The first kappa shape index (κ1) is 14.3. The maximum absolute atomic E-state index is 12.1. The molecule has 0 aromatic heterocycles. The van der Waals surface area contributed by atoms with Gasteiger partial charge in [-0.05, 0) is 24.1 Å². The van der Waals surface area contributed by atoms with Crippen LogP contribution in [0.1, 0.15) is 25.0 Å². The van der Waals surface area contributed by atoms with Crippen LogP contribution >= 0.6 is 11.6 Å². The number of hydrogen-bond donors (Lipinski definition) is 1. The van der Waals surface area contributed by atoms with Gasteiger partial charge in [-0.1, -0.05) is 30.7 Å². The summed E-state index contributed by atoms with van der Waals surface area (Å²) >= 11 is 5.87. The van der Waals surface area contributed by atoms with Crippen LogP contribution in [0.25, 0.3) is 0 Å². The number of morpholine rings is 1. The van der Waals surface area contributed by atoms with E-state index in [0.717, 1.165) is 5.56 Å². The van der Waals surface area contributed by atoms with Crippen molar-refractivity contribution in [1.29, 1.82) is 0 Å². The zero-order chi connectivity index (χ0) is 13.8. The average Bonchev–Trinajstić information content (AvgIpc) is 2.46. The van der Waals surface area contributed by atoms with E-state index in [-0.39, 0.29) is 12.0 Å². The zero-order valence-corrected chi connectivity index (χ0v) is 11.8.